The second-order valence-corrected chi connectivity index (χ2v) is 5.10. The number of nitrogens with one attached hydrogen (secondary N) is 2. The van der Waals surface area contributed by atoms with Gasteiger partial charge in [0.15, 0.2) is 5.96 Å². The van der Waals surface area contributed by atoms with Crippen LogP contribution in [0.25, 0.3) is 11.0 Å². The van der Waals surface area contributed by atoms with Gasteiger partial charge < -0.3 is 20.9 Å². The second-order valence-electron chi connectivity index (χ2n) is 4.30. The van der Waals surface area contributed by atoms with Gasteiger partial charge in [0.2, 0.25) is 0 Å². The van der Waals surface area contributed by atoms with Gasteiger partial charge in [-0.1, -0.05) is 0 Å². The third-order valence-electron chi connectivity index (χ3n) is 3.03. The molecule has 1 aliphatic rings. The first kappa shape index (κ1) is 12.4. The van der Waals surface area contributed by atoms with Gasteiger partial charge in [0.1, 0.15) is 5.52 Å². The number of hydrogen-bond acceptors (Lipinski definition) is 5. The molecular weight excluding hydrogens is 308 g/mol. The van der Waals surface area contributed by atoms with Crippen LogP contribution >= 0.6 is 15.9 Å². The van der Waals surface area contributed by atoms with E-state index in [4.69, 9.17) is 5.73 Å². The number of anilines is 1. The number of rotatable bonds is 3. The van der Waals surface area contributed by atoms with Gasteiger partial charge in [-0.2, -0.15) is 0 Å². The lowest BCUT2D eigenvalue weighted by atomic mass is 10.2. The summed E-state index contributed by atoms with van der Waals surface area (Å²) in [5.74, 6) is 0.807. The lowest BCUT2D eigenvalue weighted by Crippen LogP contribution is -2.26. The Labute approximate surface area is 119 Å². The van der Waals surface area contributed by atoms with Crippen molar-refractivity contribution in [2.75, 3.05) is 25.0 Å². The average molecular weight is 323 g/mol. The Morgan fingerprint density at radius 1 is 1.47 bits per heavy atom. The molecule has 2 aromatic rings. The van der Waals surface area contributed by atoms with Gasteiger partial charge >= 0.3 is 0 Å². The van der Waals surface area contributed by atoms with Gasteiger partial charge in [0, 0.05) is 19.6 Å². The quantitative estimate of drug-likeness (QED) is 0.791. The standard InChI is InChI=1S/C12H15BrN6/c13-10-8(18-12-15-4-5-16-12)1-2-9-11(10)17-7-19(9)6-3-14/h1-2,7H,3-6,14H2,(H2,15,16,18). The lowest BCUT2D eigenvalue weighted by molar-refractivity contribution is 0.728. The third-order valence-corrected chi connectivity index (χ3v) is 3.83. The molecule has 0 bridgehead atoms. The Morgan fingerprint density at radius 3 is 3.11 bits per heavy atom. The van der Waals surface area contributed by atoms with E-state index in [9.17, 15) is 0 Å². The van der Waals surface area contributed by atoms with Gasteiger partial charge in [-0.05, 0) is 28.1 Å². The van der Waals surface area contributed by atoms with E-state index < -0.39 is 0 Å². The minimum absolute atomic E-state index is 0.601. The topological polar surface area (TPSA) is 80.3 Å². The Balaban J connectivity index is 1.96. The predicted molar refractivity (Wildman–Crippen MR) is 80.4 cm³/mol. The largest absolute Gasteiger partial charge is 0.354 e. The molecule has 19 heavy (non-hydrogen) atoms. The van der Waals surface area contributed by atoms with Gasteiger partial charge in [0.05, 0.1) is 28.5 Å². The second kappa shape index (κ2) is 5.18. The van der Waals surface area contributed by atoms with Crippen LogP contribution in [0.1, 0.15) is 0 Å². The van der Waals surface area contributed by atoms with Crippen molar-refractivity contribution in [2.45, 2.75) is 6.54 Å². The Kier molecular flexibility index (Phi) is 3.39. The number of benzene rings is 1. The summed E-state index contributed by atoms with van der Waals surface area (Å²) in [7, 11) is 0. The molecule has 2 heterocycles. The zero-order valence-electron chi connectivity index (χ0n) is 10.4. The molecule has 7 heteroatoms. The Bertz CT molecular complexity index is 632. The fraction of sp³-hybridized carbons (Fsp3) is 0.333. The number of fused-ring (bicyclic) bond motifs is 1. The molecule has 0 saturated carbocycles. The van der Waals surface area contributed by atoms with Gasteiger partial charge in [-0.3, -0.25) is 4.99 Å². The Morgan fingerprint density at radius 2 is 2.37 bits per heavy atom. The summed E-state index contributed by atoms with van der Waals surface area (Å²) >= 11 is 3.60. The number of nitrogens with two attached hydrogens (primary N) is 1. The number of aliphatic imine (C=N–C) groups is 1. The first-order valence-electron chi connectivity index (χ1n) is 6.18. The van der Waals surface area contributed by atoms with E-state index in [1.807, 2.05) is 18.5 Å². The maximum absolute atomic E-state index is 5.59. The molecule has 0 saturated heterocycles. The molecule has 6 nitrogen and oxygen atoms in total. The third kappa shape index (κ3) is 2.31. The highest BCUT2D eigenvalue weighted by Gasteiger charge is 2.12. The van der Waals surface area contributed by atoms with Crippen molar-refractivity contribution in [1.29, 1.82) is 0 Å². The molecule has 4 N–H and O–H groups in total. The van der Waals surface area contributed by atoms with E-state index in [1.54, 1.807) is 0 Å². The van der Waals surface area contributed by atoms with E-state index in [0.717, 1.165) is 46.8 Å². The highest BCUT2D eigenvalue weighted by Crippen LogP contribution is 2.30. The Hall–Kier alpha value is -1.60. The van der Waals surface area contributed by atoms with Crippen molar-refractivity contribution in [1.82, 2.24) is 14.9 Å². The zero-order valence-corrected chi connectivity index (χ0v) is 11.9. The number of aromatic nitrogens is 2. The minimum atomic E-state index is 0.601. The van der Waals surface area contributed by atoms with Crippen molar-refractivity contribution in [3.8, 4) is 0 Å². The molecule has 1 aliphatic heterocycles. The summed E-state index contributed by atoms with van der Waals surface area (Å²) < 4.78 is 2.99. The first-order valence-corrected chi connectivity index (χ1v) is 6.97. The van der Waals surface area contributed by atoms with Crippen molar-refractivity contribution >= 4 is 38.6 Å². The van der Waals surface area contributed by atoms with E-state index in [0.29, 0.717) is 6.54 Å². The molecule has 100 valence electrons. The monoisotopic (exact) mass is 322 g/mol. The van der Waals surface area contributed by atoms with E-state index in [1.165, 1.54) is 0 Å². The fourth-order valence-corrected chi connectivity index (χ4v) is 2.66. The maximum atomic E-state index is 5.59. The SMILES string of the molecule is NCCn1cnc2c(Br)c(NC3=NCCN3)ccc21. The lowest BCUT2D eigenvalue weighted by Gasteiger charge is -2.09. The van der Waals surface area contributed by atoms with Crippen molar-refractivity contribution in [3.05, 3.63) is 22.9 Å². The van der Waals surface area contributed by atoms with Crippen molar-refractivity contribution < 1.29 is 0 Å². The predicted octanol–water partition coefficient (Wildman–Crippen LogP) is 1.13. The van der Waals surface area contributed by atoms with Gasteiger partial charge in [-0.25, -0.2) is 4.98 Å². The number of imidazole rings is 1. The van der Waals surface area contributed by atoms with E-state index in [2.05, 4.69) is 41.1 Å². The fourth-order valence-electron chi connectivity index (χ4n) is 2.12. The van der Waals surface area contributed by atoms with E-state index >= 15 is 0 Å². The molecule has 0 spiro atoms. The smallest absolute Gasteiger partial charge is 0.195 e. The summed E-state index contributed by atoms with van der Waals surface area (Å²) in [6, 6.07) is 4.06. The van der Waals surface area contributed by atoms with Crippen LogP contribution in [0.5, 0.6) is 0 Å². The van der Waals surface area contributed by atoms with Crippen LogP contribution in [0, 0.1) is 0 Å². The molecule has 0 radical (unpaired) electrons. The van der Waals surface area contributed by atoms with Crippen molar-refractivity contribution in [2.24, 2.45) is 10.7 Å². The van der Waals surface area contributed by atoms with Crippen LogP contribution < -0.4 is 16.4 Å². The first-order chi connectivity index (χ1) is 9.29. The average Bonchev–Trinajstić information content (AvgIpc) is 3.04. The summed E-state index contributed by atoms with van der Waals surface area (Å²) in [6.45, 7) is 3.06. The molecule has 0 unspecified atom stereocenters. The number of nitrogens with zero attached hydrogens (tertiary/aromatic N) is 3. The summed E-state index contributed by atoms with van der Waals surface area (Å²) in [5, 5.41) is 6.44. The number of guanidine groups is 1. The van der Waals surface area contributed by atoms with Gasteiger partial charge in [-0.15, -0.1) is 0 Å². The van der Waals surface area contributed by atoms with Gasteiger partial charge in [0.25, 0.3) is 0 Å². The van der Waals surface area contributed by atoms with Crippen LogP contribution in [-0.2, 0) is 6.54 Å². The van der Waals surface area contributed by atoms with E-state index in [-0.39, 0.29) is 0 Å². The number of halogens is 1. The molecule has 0 atom stereocenters. The number of hydrogen-bond donors (Lipinski definition) is 3. The molecule has 1 aromatic heterocycles. The summed E-state index contributed by atoms with van der Waals surface area (Å²) in [4.78, 5) is 8.75. The highest BCUT2D eigenvalue weighted by molar-refractivity contribution is 9.10. The normalized spacial score (nSPS) is 14.5. The summed E-state index contributed by atoms with van der Waals surface area (Å²) in [6.07, 6.45) is 1.82. The molecule has 3 rings (SSSR count). The maximum Gasteiger partial charge on any atom is 0.195 e. The molecule has 1 aromatic carbocycles. The van der Waals surface area contributed by atoms with Crippen LogP contribution in [0.15, 0.2) is 27.9 Å². The van der Waals surface area contributed by atoms with Crippen LogP contribution in [0.3, 0.4) is 0 Å². The molecule has 0 fully saturated rings. The summed E-state index contributed by atoms with van der Waals surface area (Å²) in [5.41, 5.74) is 8.55. The van der Waals surface area contributed by atoms with Crippen molar-refractivity contribution in [3.63, 3.8) is 0 Å². The minimum Gasteiger partial charge on any atom is -0.354 e. The molecule has 0 aliphatic carbocycles. The molecular formula is C12H15BrN6. The van der Waals surface area contributed by atoms with Crippen LogP contribution in [0.4, 0.5) is 5.69 Å². The van der Waals surface area contributed by atoms with Crippen LogP contribution in [-0.4, -0.2) is 35.1 Å². The highest BCUT2D eigenvalue weighted by atomic mass is 79.9. The van der Waals surface area contributed by atoms with Crippen LogP contribution in [0.2, 0.25) is 0 Å². The molecule has 0 amide bonds. The zero-order chi connectivity index (χ0) is 13.2.